The predicted octanol–water partition coefficient (Wildman–Crippen LogP) is 2.66. The average molecular weight is 256 g/mol. The zero-order valence-electron chi connectivity index (χ0n) is 10.0. The van der Waals surface area contributed by atoms with Gasteiger partial charge in [0.05, 0.1) is 6.10 Å². The molecular weight excluding hydrogens is 238 g/mol. The van der Waals surface area contributed by atoms with Crippen LogP contribution in [0.2, 0.25) is 5.02 Å². The minimum atomic E-state index is 0.238. The number of rotatable bonds is 2. The molecule has 1 saturated heterocycles. The molecule has 1 aliphatic rings. The van der Waals surface area contributed by atoms with Crippen LogP contribution >= 0.6 is 11.6 Å². The van der Waals surface area contributed by atoms with Crippen molar-refractivity contribution < 1.29 is 9.84 Å². The highest BCUT2D eigenvalue weighted by Crippen LogP contribution is 2.27. The van der Waals surface area contributed by atoms with Crippen molar-refractivity contribution >= 4 is 11.6 Å². The minimum Gasteiger partial charge on any atom is -0.508 e. The Kier molecular flexibility index (Phi) is 4.26. The maximum absolute atomic E-state index is 9.82. The van der Waals surface area contributed by atoms with Gasteiger partial charge in [-0.1, -0.05) is 17.7 Å². The SMILES string of the molecule is CC1CN(Cc2c(O)cccc2Cl)CCCO1. The molecule has 4 heteroatoms. The van der Waals surface area contributed by atoms with Crippen molar-refractivity contribution in [3.63, 3.8) is 0 Å². The van der Waals surface area contributed by atoms with Crippen LogP contribution in [-0.2, 0) is 11.3 Å². The molecule has 0 aromatic heterocycles. The van der Waals surface area contributed by atoms with Gasteiger partial charge >= 0.3 is 0 Å². The van der Waals surface area contributed by atoms with Crippen LogP contribution in [0, 0.1) is 0 Å². The fourth-order valence-corrected chi connectivity index (χ4v) is 2.38. The van der Waals surface area contributed by atoms with Crippen LogP contribution in [0.1, 0.15) is 18.9 Å². The number of aromatic hydroxyl groups is 1. The fourth-order valence-electron chi connectivity index (χ4n) is 2.15. The number of phenolic OH excluding ortho intramolecular Hbond substituents is 1. The van der Waals surface area contributed by atoms with Gasteiger partial charge in [-0.2, -0.15) is 0 Å². The lowest BCUT2D eigenvalue weighted by molar-refractivity contribution is 0.0667. The molecule has 0 saturated carbocycles. The maximum Gasteiger partial charge on any atom is 0.121 e. The number of nitrogens with zero attached hydrogens (tertiary/aromatic N) is 1. The molecule has 0 spiro atoms. The van der Waals surface area contributed by atoms with Gasteiger partial charge in [-0.15, -0.1) is 0 Å². The monoisotopic (exact) mass is 255 g/mol. The molecule has 1 unspecified atom stereocenters. The van der Waals surface area contributed by atoms with Gasteiger partial charge < -0.3 is 9.84 Å². The predicted molar refractivity (Wildman–Crippen MR) is 68.4 cm³/mol. The van der Waals surface area contributed by atoms with Crippen LogP contribution in [0.3, 0.4) is 0 Å². The summed E-state index contributed by atoms with van der Waals surface area (Å²) < 4.78 is 5.59. The number of hydrogen-bond donors (Lipinski definition) is 1. The standard InChI is InChI=1S/C13H18ClNO2/c1-10-8-15(6-3-7-17-10)9-11-12(14)4-2-5-13(11)16/h2,4-5,10,16H,3,6-9H2,1H3. The van der Waals surface area contributed by atoms with Crippen LogP contribution in [0.5, 0.6) is 5.75 Å². The smallest absolute Gasteiger partial charge is 0.121 e. The van der Waals surface area contributed by atoms with Crippen molar-refractivity contribution in [2.45, 2.75) is 26.0 Å². The second kappa shape index (κ2) is 5.71. The third-order valence-corrected chi connectivity index (χ3v) is 3.37. The zero-order chi connectivity index (χ0) is 12.3. The van der Waals surface area contributed by atoms with Gasteiger partial charge in [0, 0.05) is 36.8 Å². The van der Waals surface area contributed by atoms with E-state index in [0.29, 0.717) is 11.6 Å². The van der Waals surface area contributed by atoms with E-state index in [0.717, 1.165) is 31.7 Å². The highest BCUT2D eigenvalue weighted by molar-refractivity contribution is 6.31. The summed E-state index contributed by atoms with van der Waals surface area (Å²) in [4.78, 5) is 2.28. The molecule has 1 aliphatic heterocycles. The molecule has 1 aromatic rings. The Labute approximate surface area is 107 Å². The Balaban J connectivity index is 2.09. The van der Waals surface area contributed by atoms with E-state index in [4.69, 9.17) is 16.3 Å². The summed E-state index contributed by atoms with van der Waals surface area (Å²) in [5.41, 5.74) is 0.809. The third-order valence-electron chi connectivity index (χ3n) is 3.01. The summed E-state index contributed by atoms with van der Waals surface area (Å²) in [6.45, 7) is 5.43. The maximum atomic E-state index is 9.82. The summed E-state index contributed by atoms with van der Waals surface area (Å²) in [5.74, 6) is 0.273. The van der Waals surface area contributed by atoms with Crippen molar-refractivity contribution in [1.29, 1.82) is 0 Å². The number of hydrogen-bond acceptors (Lipinski definition) is 3. The highest BCUT2D eigenvalue weighted by Gasteiger charge is 2.17. The molecule has 1 heterocycles. The Morgan fingerprint density at radius 2 is 2.35 bits per heavy atom. The molecule has 17 heavy (non-hydrogen) atoms. The van der Waals surface area contributed by atoms with Gasteiger partial charge in [0.1, 0.15) is 5.75 Å². The first-order valence-electron chi connectivity index (χ1n) is 5.97. The summed E-state index contributed by atoms with van der Waals surface area (Å²) >= 11 is 6.11. The fraction of sp³-hybridized carbons (Fsp3) is 0.538. The lowest BCUT2D eigenvalue weighted by Crippen LogP contribution is -2.29. The van der Waals surface area contributed by atoms with E-state index in [-0.39, 0.29) is 11.9 Å². The summed E-state index contributed by atoms with van der Waals surface area (Å²) in [5, 5.41) is 10.4. The molecule has 1 N–H and O–H groups in total. The molecular formula is C13H18ClNO2. The molecule has 0 aliphatic carbocycles. The average Bonchev–Trinajstić information content (AvgIpc) is 2.48. The molecule has 94 valence electrons. The lowest BCUT2D eigenvalue weighted by Gasteiger charge is -2.22. The van der Waals surface area contributed by atoms with Gasteiger partial charge in [-0.25, -0.2) is 0 Å². The van der Waals surface area contributed by atoms with Crippen molar-refractivity contribution in [2.75, 3.05) is 19.7 Å². The molecule has 0 radical (unpaired) electrons. The number of benzene rings is 1. The van der Waals surface area contributed by atoms with Crippen molar-refractivity contribution in [3.8, 4) is 5.75 Å². The van der Waals surface area contributed by atoms with E-state index in [1.54, 1.807) is 12.1 Å². The number of phenols is 1. The van der Waals surface area contributed by atoms with Gasteiger partial charge in [0.25, 0.3) is 0 Å². The van der Waals surface area contributed by atoms with Crippen LogP contribution in [0.15, 0.2) is 18.2 Å². The van der Waals surface area contributed by atoms with E-state index < -0.39 is 0 Å². The third kappa shape index (κ3) is 3.35. The quantitative estimate of drug-likeness (QED) is 0.882. The second-order valence-corrected chi connectivity index (χ2v) is 4.91. The van der Waals surface area contributed by atoms with Gasteiger partial charge in [0.2, 0.25) is 0 Å². The van der Waals surface area contributed by atoms with Crippen LogP contribution in [0.25, 0.3) is 0 Å². The molecule has 0 amide bonds. The lowest BCUT2D eigenvalue weighted by atomic mass is 10.1. The van der Waals surface area contributed by atoms with Gasteiger partial charge in [-0.05, 0) is 25.5 Å². The molecule has 1 fully saturated rings. The van der Waals surface area contributed by atoms with Crippen LogP contribution in [-0.4, -0.2) is 35.8 Å². The van der Waals surface area contributed by atoms with Crippen molar-refractivity contribution in [1.82, 2.24) is 4.90 Å². The first kappa shape index (κ1) is 12.7. The molecule has 1 atom stereocenters. The first-order chi connectivity index (χ1) is 8.16. The Morgan fingerprint density at radius 3 is 3.12 bits per heavy atom. The zero-order valence-corrected chi connectivity index (χ0v) is 10.8. The molecule has 2 rings (SSSR count). The normalized spacial score (nSPS) is 22.4. The number of halogens is 1. The van der Waals surface area contributed by atoms with Gasteiger partial charge in [-0.3, -0.25) is 4.90 Å². The minimum absolute atomic E-state index is 0.238. The van der Waals surface area contributed by atoms with E-state index in [1.165, 1.54) is 0 Å². The molecule has 1 aromatic carbocycles. The highest BCUT2D eigenvalue weighted by atomic mass is 35.5. The van der Waals surface area contributed by atoms with E-state index in [2.05, 4.69) is 11.8 Å². The first-order valence-corrected chi connectivity index (χ1v) is 6.35. The summed E-state index contributed by atoms with van der Waals surface area (Å²) in [7, 11) is 0. The Hall–Kier alpha value is -0.770. The molecule has 3 nitrogen and oxygen atoms in total. The van der Waals surface area contributed by atoms with Crippen LogP contribution < -0.4 is 0 Å². The van der Waals surface area contributed by atoms with Gasteiger partial charge in [0.15, 0.2) is 0 Å². The molecule has 0 bridgehead atoms. The van der Waals surface area contributed by atoms with Crippen molar-refractivity contribution in [2.24, 2.45) is 0 Å². The van der Waals surface area contributed by atoms with Crippen LogP contribution in [0.4, 0.5) is 0 Å². The number of ether oxygens (including phenoxy) is 1. The van der Waals surface area contributed by atoms with Crippen molar-refractivity contribution in [3.05, 3.63) is 28.8 Å². The van der Waals surface area contributed by atoms with E-state index in [9.17, 15) is 5.11 Å². The Morgan fingerprint density at radius 1 is 1.53 bits per heavy atom. The topological polar surface area (TPSA) is 32.7 Å². The summed E-state index contributed by atoms with van der Waals surface area (Å²) in [6, 6.07) is 5.25. The van der Waals surface area contributed by atoms with E-state index in [1.807, 2.05) is 6.07 Å². The summed E-state index contributed by atoms with van der Waals surface area (Å²) in [6.07, 6.45) is 1.26. The second-order valence-electron chi connectivity index (χ2n) is 4.51. The van der Waals surface area contributed by atoms with E-state index >= 15 is 0 Å². The largest absolute Gasteiger partial charge is 0.508 e. The Bertz CT molecular complexity index is 363.